The summed E-state index contributed by atoms with van der Waals surface area (Å²) in [4.78, 5) is 28.4. The van der Waals surface area contributed by atoms with Crippen molar-refractivity contribution in [1.82, 2.24) is 10.6 Å². The summed E-state index contributed by atoms with van der Waals surface area (Å²) in [6.45, 7) is 10.8. The molecule has 0 fully saturated rings. The first-order chi connectivity index (χ1) is 12.6. The highest BCUT2D eigenvalue weighted by Crippen LogP contribution is 2.23. The van der Waals surface area contributed by atoms with Gasteiger partial charge >= 0.3 is 0 Å². The highest BCUT2D eigenvalue weighted by Gasteiger charge is 2.17. The Morgan fingerprint density at radius 3 is 2.52 bits per heavy atom. The number of halogens is 1. The summed E-state index contributed by atoms with van der Waals surface area (Å²) < 4.78 is 5.25. The molecule has 2 amide bonds. The van der Waals surface area contributed by atoms with Crippen LogP contribution in [0.15, 0.2) is 46.7 Å². The second-order valence-corrected chi connectivity index (χ2v) is 7.25. The molecule has 146 valence electrons. The predicted octanol–water partition coefficient (Wildman–Crippen LogP) is 3.41. The molecule has 1 aromatic carbocycles. The van der Waals surface area contributed by atoms with E-state index in [1.807, 2.05) is 20.8 Å². The number of rotatable bonds is 7. The zero-order valence-corrected chi connectivity index (χ0v) is 17.1. The maximum absolute atomic E-state index is 12.4. The number of nitrogens with one attached hydrogen (secondary N) is 2. The van der Waals surface area contributed by atoms with E-state index in [0.717, 1.165) is 0 Å². The quantitative estimate of drug-likeness (QED) is 0.424. The fourth-order valence-corrected chi connectivity index (χ4v) is 2.38. The molecule has 0 aliphatic heterocycles. The van der Waals surface area contributed by atoms with Gasteiger partial charge in [-0.05, 0) is 58.7 Å². The summed E-state index contributed by atoms with van der Waals surface area (Å²) in [5.41, 5.74) is 0.796. The molecule has 0 aromatic heterocycles. The summed E-state index contributed by atoms with van der Waals surface area (Å²) in [6, 6.07) is 5.08. The van der Waals surface area contributed by atoms with E-state index in [0.29, 0.717) is 22.0 Å². The van der Waals surface area contributed by atoms with Crippen LogP contribution in [0, 0.1) is 0 Å². The Hall–Kier alpha value is -2.60. The van der Waals surface area contributed by atoms with Crippen molar-refractivity contribution in [1.29, 1.82) is 0 Å². The minimum Gasteiger partial charge on any atom is -0.496 e. The summed E-state index contributed by atoms with van der Waals surface area (Å²) in [5.74, 6) is -0.0766. The number of carbonyl (C=O) groups excluding carboxylic acids is 2. The summed E-state index contributed by atoms with van der Waals surface area (Å²) in [5, 5.41) is 6.07. The minimum absolute atomic E-state index is 0.0694. The molecule has 2 N–H and O–H groups in total. The maximum Gasteiger partial charge on any atom is 0.270 e. The van der Waals surface area contributed by atoms with E-state index >= 15 is 0 Å². The summed E-state index contributed by atoms with van der Waals surface area (Å²) >= 11 is 5.99. The first kappa shape index (κ1) is 22.4. The Morgan fingerprint density at radius 1 is 1.33 bits per heavy atom. The van der Waals surface area contributed by atoms with Crippen LogP contribution in [0.3, 0.4) is 0 Å². The Morgan fingerprint density at radius 2 is 2.00 bits per heavy atom. The molecule has 0 saturated carbocycles. The van der Waals surface area contributed by atoms with Gasteiger partial charge in [0.05, 0.1) is 13.5 Å². The van der Waals surface area contributed by atoms with Crippen LogP contribution in [0.1, 0.15) is 33.3 Å². The number of amides is 2. The third-order valence-corrected chi connectivity index (χ3v) is 3.61. The van der Waals surface area contributed by atoms with Gasteiger partial charge in [0.15, 0.2) is 0 Å². The summed E-state index contributed by atoms with van der Waals surface area (Å²) in [6.07, 6.45) is 3.21. The van der Waals surface area contributed by atoms with Crippen molar-refractivity contribution < 1.29 is 14.3 Å². The van der Waals surface area contributed by atoms with Crippen molar-refractivity contribution in [3.63, 3.8) is 0 Å². The van der Waals surface area contributed by atoms with Gasteiger partial charge in [-0.3, -0.25) is 14.6 Å². The topological polar surface area (TPSA) is 79.8 Å². The normalized spacial score (nSPS) is 12.4. The second kappa shape index (κ2) is 9.92. The average Bonchev–Trinajstić information content (AvgIpc) is 2.57. The van der Waals surface area contributed by atoms with Gasteiger partial charge in [0.1, 0.15) is 11.4 Å². The number of hydrogen-bond acceptors (Lipinski definition) is 4. The Labute approximate surface area is 165 Å². The maximum atomic E-state index is 12.4. The second-order valence-electron chi connectivity index (χ2n) is 6.82. The monoisotopic (exact) mass is 391 g/mol. The third kappa shape index (κ3) is 7.66. The zero-order valence-electron chi connectivity index (χ0n) is 16.4. The number of benzene rings is 1. The molecule has 0 atom stereocenters. The number of hydrogen-bond donors (Lipinski definition) is 2. The zero-order chi connectivity index (χ0) is 20.6. The van der Waals surface area contributed by atoms with Gasteiger partial charge in [-0.2, -0.15) is 0 Å². The fourth-order valence-electron chi connectivity index (χ4n) is 2.19. The van der Waals surface area contributed by atoms with Crippen LogP contribution in [0.25, 0.3) is 0 Å². The van der Waals surface area contributed by atoms with E-state index in [-0.39, 0.29) is 23.9 Å². The van der Waals surface area contributed by atoms with Gasteiger partial charge < -0.3 is 15.4 Å². The van der Waals surface area contributed by atoms with Gasteiger partial charge in [0.25, 0.3) is 5.91 Å². The van der Waals surface area contributed by atoms with E-state index in [9.17, 15) is 9.59 Å². The summed E-state index contributed by atoms with van der Waals surface area (Å²) in [7, 11) is 1.53. The van der Waals surface area contributed by atoms with E-state index in [1.54, 1.807) is 31.2 Å². The third-order valence-electron chi connectivity index (χ3n) is 3.37. The van der Waals surface area contributed by atoms with Gasteiger partial charge in [-0.1, -0.05) is 17.7 Å². The molecule has 0 saturated heterocycles. The van der Waals surface area contributed by atoms with Crippen LogP contribution in [-0.4, -0.2) is 31.2 Å². The molecule has 27 heavy (non-hydrogen) atoms. The van der Waals surface area contributed by atoms with E-state index in [1.165, 1.54) is 13.2 Å². The van der Waals surface area contributed by atoms with E-state index in [2.05, 4.69) is 22.3 Å². The molecule has 0 bridgehead atoms. The Bertz CT molecular complexity index is 777. The highest BCUT2D eigenvalue weighted by atomic mass is 35.5. The minimum atomic E-state index is -0.413. The lowest BCUT2D eigenvalue weighted by Crippen LogP contribution is -2.41. The molecule has 0 aliphatic rings. The number of ether oxygens (including phenoxy) is 1. The first-order valence-corrected chi connectivity index (χ1v) is 8.77. The smallest absolute Gasteiger partial charge is 0.270 e. The van der Waals surface area contributed by atoms with Gasteiger partial charge in [-0.15, -0.1) is 0 Å². The van der Waals surface area contributed by atoms with Crippen molar-refractivity contribution in [3.8, 4) is 5.75 Å². The standard InChI is InChI=1S/C20H26ClN3O3/c1-7-15(12-16(22-5)19(26)24-20(2,3)4)23-18(25)11-13-10-14(21)8-9-17(13)27-6/h7-10,12H,5,11H2,1-4,6H3,(H,23,25)(H,24,26)/b15-7+,16-12-. The van der Waals surface area contributed by atoms with Crippen LogP contribution in [0.5, 0.6) is 5.75 Å². The molecule has 0 spiro atoms. The van der Waals surface area contributed by atoms with Crippen molar-refractivity contribution in [3.05, 3.63) is 52.3 Å². The number of methoxy groups -OCH3 is 1. The first-order valence-electron chi connectivity index (χ1n) is 8.39. The van der Waals surface area contributed by atoms with Crippen LogP contribution in [-0.2, 0) is 16.0 Å². The lowest BCUT2D eigenvalue weighted by atomic mass is 10.1. The van der Waals surface area contributed by atoms with Crippen LogP contribution in [0.2, 0.25) is 5.02 Å². The predicted molar refractivity (Wildman–Crippen MR) is 109 cm³/mol. The molecule has 0 radical (unpaired) electrons. The van der Waals surface area contributed by atoms with Crippen LogP contribution in [0.4, 0.5) is 0 Å². The largest absolute Gasteiger partial charge is 0.496 e. The molecule has 6 nitrogen and oxygen atoms in total. The van der Waals surface area contributed by atoms with Crippen molar-refractivity contribution in [2.75, 3.05) is 7.11 Å². The SMILES string of the molecule is C=N/C(=C\C(=C/C)NC(=O)Cc1cc(Cl)ccc1OC)C(=O)NC(C)(C)C. The van der Waals surface area contributed by atoms with Crippen molar-refractivity contribution in [2.24, 2.45) is 4.99 Å². The Kier molecular flexibility index (Phi) is 8.25. The molecule has 1 aromatic rings. The number of carbonyl (C=O) groups is 2. The molecule has 1 rings (SSSR count). The molecular weight excluding hydrogens is 366 g/mol. The van der Waals surface area contributed by atoms with Gasteiger partial charge in [0, 0.05) is 21.8 Å². The van der Waals surface area contributed by atoms with Crippen LogP contribution >= 0.6 is 11.6 Å². The fraction of sp³-hybridized carbons (Fsp3) is 0.350. The molecule has 7 heteroatoms. The lowest BCUT2D eigenvalue weighted by molar-refractivity contribution is -0.120. The number of aliphatic imine (C=N–C) groups is 1. The van der Waals surface area contributed by atoms with Gasteiger partial charge in [-0.25, -0.2) is 0 Å². The molecular formula is C20H26ClN3O3. The molecule has 0 unspecified atom stereocenters. The van der Waals surface area contributed by atoms with Crippen molar-refractivity contribution >= 4 is 30.1 Å². The van der Waals surface area contributed by atoms with E-state index < -0.39 is 5.54 Å². The lowest BCUT2D eigenvalue weighted by Gasteiger charge is -2.20. The van der Waals surface area contributed by atoms with Crippen molar-refractivity contribution in [2.45, 2.75) is 39.7 Å². The van der Waals surface area contributed by atoms with E-state index in [4.69, 9.17) is 16.3 Å². The molecule has 0 aliphatic carbocycles. The van der Waals surface area contributed by atoms with Crippen LogP contribution < -0.4 is 15.4 Å². The average molecular weight is 392 g/mol. The number of allylic oxidation sites excluding steroid dienone is 2. The van der Waals surface area contributed by atoms with Gasteiger partial charge in [0.2, 0.25) is 5.91 Å². The molecule has 0 heterocycles. The Balaban J connectivity index is 2.91. The highest BCUT2D eigenvalue weighted by molar-refractivity contribution is 6.30. The number of nitrogens with zero attached hydrogens (tertiary/aromatic N) is 1.